The Kier molecular flexibility index (Phi) is 8.48. The smallest absolute Gasteiger partial charge is 0.407 e. The number of hydrogen-bond donors (Lipinski definition) is 3. The maximum atomic E-state index is 11.9. The number of aliphatic carboxylic acids is 1. The fraction of sp³-hybridized carbons (Fsp3) is 0.250. The molecule has 0 aliphatic rings. The van der Waals surface area contributed by atoms with E-state index in [1.54, 1.807) is 12.1 Å². The Morgan fingerprint density at radius 1 is 0.893 bits per heavy atom. The molecule has 2 rings (SSSR count). The van der Waals surface area contributed by atoms with Crippen LogP contribution in [0.2, 0.25) is 0 Å². The van der Waals surface area contributed by atoms with Gasteiger partial charge < -0.3 is 25.2 Å². The summed E-state index contributed by atoms with van der Waals surface area (Å²) in [5.41, 5.74) is 1.70. The van der Waals surface area contributed by atoms with Crippen LogP contribution in [0.4, 0.5) is 4.79 Å². The first-order valence-corrected chi connectivity index (χ1v) is 8.63. The molecule has 0 radical (unpaired) electrons. The topological polar surface area (TPSA) is 114 Å². The van der Waals surface area contributed by atoms with Gasteiger partial charge in [-0.25, -0.2) is 9.59 Å². The molecule has 0 aliphatic carbocycles. The minimum atomic E-state index is -1.23. The van der Waals surface area contributed by atoms with Crippen LogP contribution in [0.15, 0.2) is 60.7 Å². The molecule has 0 fully saturated rings. The minimum Gasteiger partial charge on any atom is -0.480 e. The second-order valence-electron chi connectivity index (χ2n) is 5.87. The Balaban J connectivity index is 1.68. The molecule has 0 saturated heterocycles. The van der Waals surface area contributed by atoms with Crippen molar-refractivity contribution in [1.29, 1.82) is 0 Å². The molecule has 0 aliphatic heterocycles. The first-order valence-electron chi connectivity index (χ1n) is 8.63. The summed E-state index contributed by atoms with van der Waals surface area (Å²) < 4.78 is 10.3. The third-order valence-electron chi connectivity index (χ3n) is 3.64. The Labute approximate surface area is 162 Å². The van der Waals surface area contributed by atoms with E-state index in [4.69, 9.17) is 9.47 Å². The van der Waals surface area contributed by atoms with Gasteiger partial charge >= 0.3 is 12.1 Å². The lowest BCUT2D eigenvalue weighted by Gasteiger charge is -2.15. The molecular weight excluding hydrogens is 364 g/mol. The summed E-state index contributed by atoms with van der Waals surface area (Å²) in [5, 5.41) is 13.8. The van der Waals surface area contributed by atoms with Gasteiger partial charge in [-0.3, -0.25) is 4.79 Å². The lowest BCUT2D eigenvalue weighted by molar-refractivity contribution is -0.143. The number of carbonyl (C=O) groups is 3. The number of carboxylic acid groups (broad SMARTS) is 1. The molecule has 8 nitrogen and oxygen atoms in total. The lowest BCUT2D eigenvalue weighted by Crippen LogP contribution is -2.47. The Hall–Kier alpha value is -3.39. The molecule has 2 aromatic carbocycles. The number of carboxylic acids is 1. The number of alkyl carbamates (subject to hydrolysis) is 1. The third-order valence-corrected chi connectivity index (χ3v) is 3.64. The summed E-state index contributed by atoms with van der Waals surface area (Å²) in [6.07, 6.45) is -0.772. The van der Waals surface area contributed by atoms with Gasteiger partial charge in [0.05, 0.1) is 13.2 Å². The van der Waals surface area contributed by atoms with Crippen molar-refractivity contribution in [3.05, 3.63) is 71.8 Å². The molecule has 0 spiro atoms. The zero-order chi connectivity index (χ0) is 20.2. The Bertz CT molecular complexity index is 767. The fourth-order valence-corrected chi connectivity index (χ4v) is 2.22. The van der Waals surface area contributed by atoms with Crippen LogP contribution in [0, 0.1) is 0 Å². The number of hydrogen-bond acceptors (Lipinski definition) is 5. The van der Waals surface area contributed by atoms with E-state index in [0.717, 1.165) is 11.1 Å². The predicted octanol–water partition coefficient (Wildman–Crippen LogP) is 1.70. The van der Waals surface area contributed by atoms with E-state index in [-0.39, 0.29) is 19.8 Å². The van der Waals surface area contributed by atoms with E-state index in [2.05, 4.69) is 10.6 Å². The van der Waals surface area contributed by atoms with Gasteiger partial charge in [-0.05, 0) is 11.1 Å². The molecule has 148 valence electrons. The summed E-state index contributed by atoms with van der Waals surface area (Å²) in [6.45, 7) is -0.311. The van der Waals surface area contributed by atoms with Gasteiger partial charge in [0.15, 0.2) is 6.04 Å². The molecule has 28 heavy (non-hydrogen) atoms. The number of nitrogens with one attached hydrogen (secondary N) is 2. The average molecular weight is 386 g/mol. The molecule has 2 amide bonds. The number of rotatable bonds is 10. The second-order valence-corrected chi connectivity index (χ2v) is 5.87. The minimum absolute atomic E-state index is 0.0688. The third kappa shape index (κ3) is 7.88. The van der Waals surface area contributed by atoms with Crippen molar-refractivity contribution in [3.63, 3.8) is 0 Å². The number of ether oxygens (including phenoxy) is 2. The quantitative estimate of drug-likeness (QED) is 0.573. The van der Waals surface area contributed by atoms with Crippen LogP contribution in [0.25, 0.3) is 0 Å². The van der Waals surface area contributed by atoms with Gasteiger partial charge in [0, 0.05) is 0 Å². The van der Waals surface area contributed by atoms with Crippen molar-refractivity contribution < 1.29 is 29.0 Å². The maximum Gasteiger partial charge on any atom is 0.407 e. The molecule has 2 aromatic rings. The molecule has 0 aromatic heterocycles. The van der Waals surface area contributed by atoms with Crippen LogP contribution >= 0.6 is 0 Å². The average Bonchev–Trinajstić information content (AvgIpc) is 2.71. The van der Waals surface area contributed by atoms with Crippen LogP contribution in [0.3, 0.4) is 0 Å². The molecule has 1 atom stereocenters. The SMILES string of the molecule is O=C(CNC(=O)OCc1ccccc1)N[C@@H](COCc1ccccc1)C(=O)O. The van der Waals surface area contributed by atoms with Gasteiger partial charge in [0.2, 0.25) is 5.91 Å². The van der Waals surface area contributed by atoms with E-state index in [9.17, 15) is 19.5 Å². The Morgan fingerprint density at radius 2 is 1.46 bits per heavy atom. The highest BCUT2D eigenvalue weighted by Gasteiger charge is 2.20. The van der Waals surface area contributed by atoms with Crippen molar-refractivity contribution in [2.24, 2.45) is 0 Å². The molecular formula is C20H22N2O6. The van der Waals surface area contributed by atoms with Crippen LogP contribution in [0.5, 0.6) is 0 Å². The molecule has 3 N–H and O–H groups in total. The van der Waals surface area contributed by atoms with Crippen molar-refractivity contribution in [1.82, 2.24) is 10.6 Å². The summed E-state index contributed by atoms with van der Waals surface area (Å²) in [7, 11) is 0. The van der Waals surface area contributed by atoms with Gasteiger partial charge in [0.1, 0.15) is 13.2 Å². The molecule has 0 unspecified atom stereocenters. The zero-order valence-corrected chi connectivity index (χ0v) is 15.2. The first-order chi connectivity index (χ1) is 13.5. The maximum absolute atomic E-state index is 11.9. The van der Waals surface area contributed by atoms with E-state index in [1.165, 1.54) is 0 Å². The lowest BCUT2D eigenvalue weighted by atomic mass is 10.2. The van der Waals surface area contributed by atoms with Crippen LogP contribution in [-0.4, -0.2) is 42.3 Å². The van der Waals surface area contributed by atoms with Crippen molar-refractivity contribution in [2.75, 3.05) is 13.2 Å². The fourth-order valence-electron chi connectivity index (χ4n) is 2.22. The van der Waals surface area contributed by atoms with E-state index < -0.39 is 30.6 Å². The van der Waals surface area contributed by atoms with Crippen LogP contribution in [-0.2, 0) is 32.3 Å². The van der Waals surface area contributed by atoms with Gasteiger partial charge in [-0.15, -0.1) is 0 Å². The highest BCUT2D eigenvalue weighted by Crippen LogP contribution is 2.02. The summed E-state index contributed by atoms with van der Waals surface area (Å²) in [5.74, 6) is -1.89. The van der Waals surface area contributed by atoms with E-state index in [1.807, 2.05) is 48.5 Å². The normalized spacial score (nSPS) is 11.3. The summed E-state index contributed by atoms with van der Waals surface area (Å²) in [4.78, 5) is 34.8. The van der Waals surface area contributed by atoms with Gasteiger partial charge in [0.25, 0.3) is 0 Å². The highest BCUT2D eigenvalue weighted by atomic mass is 16.5. The zero-order valence-electron chi connectivity index (χ0n) is 15.2. The largest absolute Gasteiger partial charge is 0.480 e. The monoisotopic (exact) mass is 386 g/mol. The van der Waals surface area contributed by atoms with Gasteiger partial charge in [-0.2, -0.15) is 0 Å². The highest BCUT2D eigenvalue weighted by molar-refractivity contribution is 5.86. The standard InChI is InChI=1S/C20H22N2O6/c23-18(11-21-20(26)28-13-16-9-5-2-6-10-16)22-17(19(24)25)14-27-12-15-7-3-1-4-8-15/h1-10,17H,11-14H2,(H,21,26)(H,22,23)(H,24,25)/t17-/m0/s1. The summed E-state index contributed by atoms with van der Waals surface area (Å²) >= 11 is 0. The van der Waals surface area contributed by atoms with Crippen molar-refractivity contribution in [3.8, 4) is 0 Å². The predicted molar refractivity (Wildman–Crippen MR) is 100 cm³/mol. The van der Waals surface area contributed by atoms with Crippen LogP contribution < -0.4 is 10.6 Å². The molecule has 0 heterocycles. The first kappa shape index (κ1) is 20.9. The molecule has 0 saturated carbocycles. The molecule has 0 bridgehead atoms. The van der Waals surface area contributed by atoms with Crippen molar-refractivity contribution >= 4 is 18.0 Å². The van der Waals surface area contributed by atoms with Gasteiger partial charge in [-0.1, -0.05) is 60.7 Å². The second kappa shape index (κ2) is 11.3. The molecule has 8 heteroatoms. The number of carbonyl (C=O) groups excluding carboxylic acids is 2. The van der Waals surface area contributed by atoms with E-state index >= 15 is 0 Å². The summed E-state index contributed by atoms with van der Waals surface area (Å²) in [6, 6.07) is 17.1. The van der Waals surface area contributed by atoms with Crippen molar-refractivity contribution in [2.45, 2.75) is 19.3 Å². The number of amides is 2. The van der Waals surface area contributed by atoms with E-state index in [0.29, 0.717) is 0 Å². The van der Waals surface area contributed by atoms with Crippen LogP contribution in [0.1, 0.15) is 11.1 Å². The Morgan fingerprint density at radius 3 is 2.04 bits per heavy atom. The number of benzene rings is 2.